The summed E-state index contributed by atoms with van der Waals surface area (Å²) in [6, 6.07) is 0. The minimum Gasteiger partial charge on any atom is -0.354 e. The monoisotopic (exact) mass is 237 g/mol. The summed E-state index contributed by atoms with van der Waals surface area (Å²) in [6.45, 7) is 12.5. The van der Waals surface area contributed by atoms with E-state index in [-0.39, 0.29) is 16.9 Å². The SMILES string of the molecule is CNC(=O)c1nn(C(C)(C)C)cc1C(C)(C)C. The molecule has 0 atom stereocenters. The molecule has 1 heterocycles. The first-order chi connectivity index (χ1) is 7.57. The summed E-state index contributed by atoms with van der Waals surface area (Å²) in [4.78, 5) is 11.8. The molecule has 0 bridgehead atoms. The normalized spacial score (nSPS) is 12.6. The van der Waals surface area contributed by atoms with E-state index in [2.05, 4.69) is 52.0 Å². The zero-order valence-corrected chi connectivity index (χ0v) is 11.9. The lowest BCUT2D eigenvalue weighted by Gasteiger charge is -2.20. The molecule has 0 spiro atoms. The minimum absolute atomic E-state index is 0.0919. The Bertz CT molecular complexity index is 419. The van der Waals surface area contributed by atoms with Gasteiger partial charge in [0.05, 0.1) is 5.54 Å². The molecule has 0 aromatic carbocycles. The molecule has 0 saturated carbocycles. The smallest absolute Gasteiger partial charge is 0.271 e. The molecular weight excluding hydrogens is 214 g/mol. The Morgan fingerprint density at radius 2 is 1.76 bits per heavy atom. The van der Waals surface area contributed by atoms with Gasteiger partial charge >= 0.3 is 0 Å². The highest BCUT2D eigenvalue weighted by atomic mass is 16.1. The molecular formula is C13H23N3O. The Morgan fingerprint density at radius 3 is 2.12 bits per heavy atom. The van der Waals surface area contributed by atoms with Crippen molar-refractivity contribution in [3.63, 3.8) is 0 Å². The van der Waals surface area contributed by atoms with Gasteiger partial charge in [0.15, 0.2) is 5.69 Å². The maximum absolute atomic E-state index is 11.8. The van der Waals surface area contributed by atoms with Gasteiger partial charge in [0.2, 0.25) is 0 Å². The number of aromatic nitrogens is 2. The number of carbonyl (C=O) groups is 1. The van der Waals surface area contributed by atoms with Gasteiger partial charge in [-0.1, -0.05) is 20.8 Å². The quantitative estimate of drug-likeness (QED) is 0.814. The summed E-state index contributed by atoms with van der Waals surface area (Å²) in [6.07, 6.45) is 1.98. The predicted octanol–water partition coefficient (Wildman–Crippen LogP) is 2.30. The number of rotatable bonds is 1. The van der Waals surface area contributed by atoms with Crippen molar-refractivity contribution in [3.05, 3.63) is 17.5 Å². The van der Waals surface area contributed by atoms with Gasteiger partial charge in [-0.15, -0.1) is 0 Å². The van der Waals surface area contributed by atoms with Gasteiger partial charge in [-0.05, 0) is 26.2 Å². The van der Waals surface area contributed by atoms with Crippen LogP contribution in [0.4, 0.5) is 0 Å². The molecule has 4 nitrogen and oxygen atoms in total. The van der Waals surface area contributed by atoms with Crippen LogP contribution in [0.1, 0.15) is 57.6 Å². The summed E-state index contributed by atoms with van der Waals surface area (Å²) in [5.74, 6) is -0.127. The fourth-order valence-electron chi connectivity index (χ4n) is 1.55. The lowest BCUT2D eigenvalue weighted by molar-refractivity contribution is 0.0954. The molecule has 1 N–H and O–H groups in total. The summed E-state index contributed by atoms with van der Waals surface area (Å²) in [7, 11) is 1.63. The first-order valence-electron chi connectivity index (χ1n) is 5.90. The molecule has 0 unspecified atom stereocenters. The van der Waals surface area contributed by atoms with Crippen molar-refractivity contribution in [2.75, 3.05) is 7.05 Å². The lowest BCUT2D eigenvalue weighted by atomic mass is 9.87. The maximum Gasteiger partial charge on any atom is 0.271 e. The molecule has 0 fully saturated rings. The van der Waals surface area contributed by atoms with E-state index in [0.717, 1.165) is 5.56 Å². The van der Waals surface area contributed by atoms with E-state index in [4.69, 9.17) is 0 Å². The predicted molar refractivity (Wildman–Crippen MR) is 69.3 cm³/mol. The van der Waals surface area contributed by atoms with Crippen molar-refractivity contribution in [1.82, 2.24) is 15.1 Å². The van der Waals surface area contributed by atoms with E-state index >= 15 is 0 Å². The Kier molecular flexibility index (Phi) is 3.37. The van der Waals surface area contributed by atoms with Crippen molar-refractivity contribution in [2.24, 2.45) is 0 Å². The van der Waals surface area contributed by atoms with Crippen molar-refractivity contribution >= 4 is 5.91 Å². The van der Waals surface area contributed by atoms with E-state index in [1.54, 1.807) is 7.05 Å². The summed E-state index contributed by atoms with van der Waals surface area (Å²) < 4.78 is 1.86. The summed E-state index contributed by atoms with van der Waals surface area (Å²) in [5.41, 5.74) is 1.29. The molecule has 0 aliphatic carbocycles. The van der Waals surface area contributed by atoms with E-state index in [1.807, 2.05) is 10.9 Å². The van der Waals surface area contributed by atoms with Crippen LogP contribution in [-0.4, -0.2) is 22.7 Å². The van der Waals surface area contributed by atoms with Crippen LogP contribution < -0.4 is 5.32 Å². The molecule has 1 aromatic heterocycles. The van der Waals surface area contributed by atoms with Gasteiger partial charge in [-0.2, -0.15) is 5.10 Å². The molecule has 1 amide bonds. The van der Waals surface area contributed by atoms with Gasteiger partial charge in [0.25, 0.3) is 5.91 Å². The highest BCUT2D eigenvalue weighted by Crippen LogP contribution is 2.27. The van der Waals surface area contributed by atoms with Crippen LogP contribution >= 0.6 is 0 Å². The van der Waals surface area contributed by atoms with Crippen LogP contribution in [0.5, 0.6) is 0 Å². The number of nitrogens with one attached hydrogen (secondary N) is 1. The number of amides is 1. The molecule has 0 aliphatic heterocycles. The van der Waals surface area contributed by atoms with Gasteiger partial charge in [0.1, 0.15) is 0 Å². The summed E-state index contributed by atoms with van der Waals surface area (Å²) in [5, 5.41) is 7.07. The fourth-order valence-corrected chi connectivity index (χ4v) is 1.55. The van der Waals surface area contributed by atoms with Crippen LogP contribution in [0, 0.1) is 0 Å². The zero-order valence-electron chi connectivity index (χ0n) is 11.9. The lowest BCUT2D eigenvalue weighted by Crippen LogP contribution is -2.25. The Hall–Kier alpha value is -1.32. The second-order valence-electron chi connectivity index (χ2n) is 6.34. The largest absolute Gasteiger partial charge is 0.354 e. The molecule has 4 heteroatoms. The van der Waals surface area contributed by atoms with E-state index in [1.165, 1.54) is 0 Å². The highest BCUT2D eigenvalue weighted by Gasteiger charge is 2.27. The van der Waals surface area contributed by atoms with Crippen LogP contribution in [0.3, 0.4) is 0 Å². The molecule has 17 heavy (non-hydrogen) atoms. The number of carbonyl (C=O) groups excluding carboxylic acids is 1. The summed E-state index contributed by atoms with van der Waals surface area (Å²) >= 11 is 0. The van der Waals surface area contributed by atoms with Crippen molar-refractivity contribution < 1.29 is 4.79 Å². The minimum atomic E-state index is -0.127. The average Bonchev–Trinajstić information content (AvgIpc) is 2.59. The molecule has 0 radical (unpaired) electrons. The van der Waals surface area contributed by atoms with Crippen molar-refractivity contribution in [2.45, 2.75) is 52.5 Å². The number of hydrogen-bond acceptors (Lipinski definition) is 2. The van der Waals surface area contributed by atoms with Crippen molar-refractivity contribution in [3.8, 4) is 0 Å². The molecule has 0 saturated heterocycles. The third kappa shape index (κ3) is 2.87. The number of nitrogens with zero attached hydrogens (tertiary/aromatic N) is 2. The first-order valence-corrected chi connectivity index (χ1v) is 5.90. The standard InChI is InChI=1S/C13H23N3O/c1-12(2,3)9-8-16(13(4,5)6)15-10(9)11(17)14-7/h8H,1-7H3,(H,14,17). The number of hydrogen-bond donors (Lipinski definition) is 1. The van der Waals surface area contributed by atoms with E-state index < -0.39 is 0 Å². The highest BCUT2D eigenvalue weighted by molar-refractivity contribution is 5.93. The van der Waals surface area contributed by atoms with Crippen LogP contribution in [0.15, 0.2) is 6.20 Å². The topological polar surface area (TPSA) is 46.9 Å². The average molecular weight is 237 g/mol. The van der Waals surface area contributed by atoms with Gasteiger partial charge in [0, 0.05) is 18.8 Å². The third-order valence-corrected chi connectivity index (χ3v) is 2.65. The molecule has 96 valence electrons. The van der Waals surface area contributed by atoms with Crippen LogP contribution in [0.25, 0.3) is 0 Å². The Morgan fingerprint density at radius 1 is 1.24 bits per heavy atom. The molecule has 0 aliphatic rings. The third-order valence-electron chi connectivity index (χ3n) is 2.65. The van der Waals surface area contributed by atoms with Gasteiger partial charge < -0.3 is 5.32 Å². The zero-order chi connectivity index (χ0) is 13.4. The Balaban J connectivity index is 3.37. The van der Waals surface area contributed by atoms with Crippen LogP contribution in [0.2, 0.25) is 0 Å². The van der Waals surface area contributed by atoms with Crippen molar-refractivity contribution in [1.29, 1.82) is 0 Å². The molecule has 1 rings (SSSR count). The second kappa shape index (κ2) is 4.17. The first kappa shape index (κ1) is 13.7. The fraction of sp³-hybridized carbons (Fsp3) is 0.692. The van der Waals surface area contributed by atoms with Crippen LogP contribution in [-0.2, 0) is 11.0 Å². The molecule has 1 aromatic rings. The van der Waals surface area contributed by atoms with Gasteiger partial charge in [-0.3, -0.25) is 9.48 Å². The van der Waals surface area contributed by atoms with E-state index in [9.17, 15) is 4.79 Å². The maximum atomic E-state index is 11.8. The second-order valence-corrected chi connectivity index (χ2v) is 6.34. The van der Waals surface area contributed by atoms with E-state index in [0.29, 0.717) is 5.69 Å². The van der Waals surface area contributed by atoms with Gasteiger partial charge in [-0.25, -0.2) is 0 Å². The Labute approximate surface area is 103 Å².